The average molecular weight is 338 g/mol. The van der Waals surface area contributed by atoms with E-state index in [0.29, 0.717) is 6.42 Å². The summed E-state index contributed by atoms with van der Waals surface area (Å²) in [6, 6.07) is 5.96. The third-order valence-corrected chi connectivity index (χ3v) is 5.08. The van der Waals surface area contributed by atoms with Crippen LogP contribution >= 0.6 is 27.3 Å². The van der Waals surface area contributed by atoms with Gasteiger partial charge in [0.15, 0.2) is 0 Å². The lowest BCUT2D eigenvalue weighted by atomic mass is 9.83. The maximum atomic E-state index is 11.3. The molecule has 0 saturated heterocycles. The number of fused-ring (bicyclic) bond motifs is 1. The number of halogens is 1. The van der Waals surface area contributed by atoms with Crippen LogP contribution in [0.4, 0.5) is 0 Å². The monoisotopic (exact) mass is 337 g/mol. The fraction of sp³-hybridized carbons (Fsp3) is 0.286. The number of rotatable bonds is 2. The quantitative estimate of drug-likeness (QED) is 0.835. The molecule has 1 aromatic carbocycles. The summed E-state index contributed by atoms with van der Waals surface area (Å²) in [5.41, 5.74) is 0.946. The molecule has 0 amide bonds. The van der Waals surface area contributed by atoms with Gasteiger partial charge in [-0.05, 0) is 31.0 Å². The Bertz CT molecular complexity index is 665. The van der Waals surface area contributed by atoms with E-state index in [1.807, 2.05) is 24.3 Å². The number of aliphatic carboxylic acids is 1. The Morgan fingerprint density at radius 1 is 1.37 bits per heavy atom. The molecule has 1 aromatic heterocycles. The lowest BCUT2D eigenvalue weighted by Gasteiger charge is -2.22. The van der Waals surface area contributed by atoms with Crippen LogP contribution in [0.5, 0.6) is 0 Å². The highest BCUT2D eigenvalue weighted by atomic mass is 79.9. The molecule has 0 saturated carbocycles. The van der Waals surface area contributed by atoms with E-state index in [-0.39, 0.29) is 11.8 Å². The molecule has 0 aliphatic heterocycles. The first-order chi connectivity index (χ1) is 9.15. The van der Waals surface area contributed by atoms with Crippen LogP contribution in [-0.2, 0) is 4.79 Å². The molecule has 1 heterocycles. The van der Waals surface area contributed by atoms with Gasteiger partial charge in [-0.3, -0.25) is 4.79 Å². The van der Waals surface area contributed by atoms with Gasteiger partial charge in [-0.1, -0.05) is 28.1 Å². The van der Waals surface area contributed by atoms with Gasteiger partial charge in [-0.25, -0.2) is 4.98 Å². The van der Waals surface area contributed by atoms with Gasteiger partial charge < -0.3 is 5.11 Å². The van der Waals surface area contributed by atoms with Gasteiger partial charge in [-0.15, -0.1) is 11.3 Å². The molecular formula is C14H12BrNO2S. The lowest BCUT2D eigenvalue weighted by molar-refractivity contribution is -0.142. The number of thiazole rings is 1. The van der Waals surface area contributed by atoms with Crippen LogP contribution in [0.2, 0.25) is 0 Å². The van der Waals surface area contributed by atoms with Crippen molar-refractivity contribution in [1.82, 2.24) is 4.98 Å². The number of hydrogen-bond donors (Lipinski definition) is 1. The standard InChI is InChI=1S/C14H12BrNO2S/c15-8-5-6-11-12(7-8)19-13(16-11)9-3-1-2-4-10(9)14(17)18/h1-2,5-7,9-10H,3-4H2,(H,17,18)/t9-,10+/m1/s1. The highest BCUT2D eigenvalue weighted by Crippen LogP contribution is 2.39. The summed E-state index contributed by atoms with van der Waals surface area (Å²) < 4.78 is 2.12. The number of carbonyl (C=O) groups is 1. The molecule has 5 heteroatoms. The SMILES string of the molecule is O=C(O)[C@H]1CC=CC[C@H]1c1nc2ccc(Br)cc2s1. The maximum absolute atomic E-state index is 11.3. The molecule has 3 rings (SSSR count). The van der Waals surface area contributed by atoms with Crippen LogP contribution < -0.4 is 0 Å². The van der Waals surface area contributed by atoms with Gasteiger partial charge >= 0.3 is 5.97 Å². The summed E-state index contributed by atoms with van der Waals surface area (Å²) in [5.74, 6) is -1.08. The summed E-state index contributed by atoms with van der Waals surface area (Å²) in [7, 11) is 0. The molecule has 2 aromatic rings. The Labute approximate surface area is 123 Å². The molecule has 0 fully saturated rings. The number of benzene rings is 1. The minimum atomic E-state index is -0.727. The van der Waals surface area contributed by atoms with Crippen LogP contribution in [-0.4, -0.2) is 16.1 Å². The van der Waals surface area contributed by atoms with Gasteiger partial charge in [0.1, 0.15) is 0 Å². The summed E-state index contributed by atoms with van der Waals surface area (Å²) in [6.45, 7) is 0. The molecule has 0 spiro atoms. The first kappa shape index (κ1) is 12.8. The van der Waals surface area contributed by atoms with E-state index < -0.39 is 5.97 Å². The summed E-state index contributed by atoms with van der Waals surface area (Å²) in [6.07, 6.45) is 5.38. The smallest absolute Gasteiger partial charge is 0.307 e. The van der Waals surface area contributed by atoms with Crippen molar-refractivity contribution in [3.63, 3.8) is 0 Å². The van der Waals surface area contributed by atoms with Gasteiger partial charge in [0.2, 0.25) is 0 Å². The Kier molecular flexibility index (Phi) is 3.41. The normalized spacial score (nSPS) is 22.8. The van der Waals surface area contributed by atoms with Crippen molar-refractivity contribution in [2.75, 3.05) is 0 Å². The second kappa shape index (κ2) is 5.06. The van der Waals surface area contributed by atoms with E-state index in [9.17, 15) is 9.90 Å². The third kappa shape index (κ3) is 2.44. The van der Waals surface area contributed by atoms with E-state index in [1.54, 1.807) is 11.3 Å². The largest absolute Gasteiger partial charge is 0.481 e. The van der Waals surface area contributed by atoms with E-state index in [4.69, 9.17) is 0 Å². The summed E-state index contributed by atoms with van der Waals surface area (Å²) in [5, 5.41) is 10.3. The molecule has 1 aliphatic carbocycles. The van der Waals surface area contributed by atoms with E-state index in [1.165, 1.54) is 0 Å². The molecule has 3 nitrogen and oxygen atoms in total. The number of nitrogens with zero attached hydrogens (tertiary/aromatic N) is 1. The minimum absolute atomic E-state index is 0.00123. The van der Waals surface area contributed by atoms with Crippen molar-refractivity contribution >= 4 is 43.5 Å². The number of allylic oxidation sites excluding steroid dienone is 2. The van der Waals surface area contributed by atoms with Crippen LogP contribution in [0.15, 0.2) is 34.8 Å². The number of aromatic nitrogens is 1. The number of hydrogen-bond acceptors (Lipinski definition) is 3. The van der Waals surface area contributed by atoms with Crippen LogP contribution in [0.1, 0.15) is 23.8 Å². The molecule has 1 N–H and O–H groups in total. The summed E-state index contributed by atoms with van der Waals surface area (Å²) in [4.78, 5) is 16.0. The number of carboxylic acid groups (broad SMARTS) is 1. The highest BCUT2D eigenvalue weighted by Gasteiger charge is 2.32. The molecule has 98 valence electrons. The van der Waals surface area contributed by atoms with Gasteiger partial charge in [0.05, 0.1) is 21.1 Å². The van der Waals surface area contributed by atoms with E-state index in [0.717, 1.165) is 26.1 Å². The van der Waals surface area contributed by atoms with Crippen molar-refractivity contribution < 1.29 is 9.90 Å². The number of carboxylic acids is 1. The fourth-order valence-corrected chi connectivity index (χ4v) is 4.13. The van der Waals surface area contributed by atoms with Gasteiger partial charge in [-0.2, -0.15) is 0 Å². The Hall–Kier alpha value is -1.20. The molecule has 2 atom stereocenters. The summed E-state index contributed by atoms with van der Waals surface area (Å²) >= 11 is 5.05. The van der Waals surface area contributed by atoms with Crippen molar-refractivity contribution in [2.24, 2.45) is 5.92 Å². The average Bonchev–Trinajstić information content (AvgIpc) is 2.81. The van der Waals surface area contributed by atoms with Crippen molar-refractivity contribution in [1.29, 1.82) is 0 Å². The topological polar surface area (TPSA) is 50.2 Å². The molecule has 1 aliphatic rings. The molecule has 0 unspecified atom stereocenters. The Balaban J connectivity index is 2.02. The second-order valence-corrected chi connectivity index (χ2v) is 6.64. The highest BCUT2D eigenvalue weighted by molar-refractivity contribution is 9.10. The fourth-order valence-electron chi connectivity index (χ4n) is 2.43. The van der Waals surface area contributed by atoms with Gasteiger partial charge in [0.25, 0.3) is 0 Å². The lowest BCUT2D eigenvalue weighted by Crippen LogP contribution is -2.23. The zero-order valence-electron chi connectivity index (χ0n) is 10.0. The van der Waals surface area contributed by atoms with E-state index >= 15 is 0 Å². The zero-order chi connectivity index (χ0) is 13.4. The van der Waals surface area contributed by atoms with Crippen molar-refractivity contribution in [3.05, 3.63) is 39.8 Å². The first-order valence-corrected chi connectivity index (χ1v) is 7.70. The predicted molar refractivity (Wildman–Crippen MR) is 79.6 cm³/mol. The van der Waals surface area contributed by atoms with E-state index in [2.05, 4.69) is 27.0 Å². The Morgan fingerprint density at radius 2 is 2.16 bits per heavy atom. The van der Waals surface area contributed by atoms with Crippen molar-refractivity contribution in [2.45, 2.75) is 18.8 Å². The van der Waals surface area contributed by atoms with Crippen LogP contribution in [0, 0.1) is 5.92 Å². The first-order valence-electron chi connectivity index (χ1n) is 6.09. The minimum Gasteiger partial charge on any atom is -0.481 e. The zero-order valence-corrected chi connectivity index (χ0v) is 12.4. The predicted octanol–water partition coefficient (Wildman–Crippen LogP) is 4.19. The second-order valence-electron chi connectivity index (χ2n) is 4.66. The molecular weight excluding hydrogens is 326 g/mol. The maximum Gasteiger partial charge on any atom is 0.307 e. The van der Waals surface area contributed by atoms with Crippen molar-refractivity contribution in [3.8, 4) is 0 Å². The molecule has 19 heavy (non-hydrogen) atoms. The third-order valence-electron chi connectivity index (χ3n) is 3.43. The van der Waals surface area contributed by atoms with Crippen LogP contribution in [0.25, 0.3) is 10.2 Å². The molecule has 0 bridgehead atoms. The Morgan fingerprint density at radius 3 is 2.95 bits per heavy atom. The van der Waals surface area contributed by atoms with Crippen LogP contribution in [0.3, 0.4) is 0 Å². The molecule has 0 radical (unpaired) electrons. The van der Waals surface area contributed by atoms with Gasteiger partial charge in [0, 0.05) is 10.4 Å².